The summed E-state index contributed by atoms with van der Waals surface area (Å²) in [5.41, 5.74) is 0. The molecule has 0 bridgehead atoms. The van der Waals surface area contributed by atoms with Gasteiger partial charge in [0.25, 0.3) is 0 Å². The Morgan fingerprint density at radius 1 is 1.14 bits per heavy atom. The Morgan fingerprint density at radius 2 is 1.90 bits per heavy atom. The highest BCUT2D eigenvalue weighted by atomic mass is 16.5. The molecule has 0 aromatic carbocycles. The van der Waals surface area contributed by atoms with Crippen LogP contribution in [0.3, 0.4) is 0 Å². The number of rotatable bonds is 8. The monoisotopic (exact) mass is 292 g/mol. The molecule has 0 saturated heterocycles. The van der Waals surface area contributed by atoms with Crippen LogP contribution in [0, 0.1) is 6.92 Å². The molecule has 0 saturated carbocycles. The molecule has 0 aliphatic heterocycles. The Morgan fingerprint density at radius 3 is 2.52 bits per heavy atom. The average molecular weight is 292 g/mol. The molecule has 2 aromatic rings. The Hall–Kier alpha value is -2.38. The van der Waals surface area contributed by atoms with Crippen LogP contribution in [0.15, 0.2) is 10.6 Å². The SMILES string of the molecule is CCCOc1nc(NCC)nc(NCc2ncc(C)o2)n1. The number of hydrogen-bond acceptors (Lipinski definition) is 8. The van der Waals surface area contributed by atoms with E-state index in [1.54, 1.807) is 6.20 Å². The number of aryl methyl sites for hydroxylation is 1. The predicted molar refractivity (Wildman–Crippen MR) is 78.3 cm³/mol. The fraction of sp³-hybridized carbons (Fsp3) is 0.538. The molecular formula is C13H20N6O2. The first-order chi connectivity index (χ1) is 10.2. The van der Waals surface area contributed by atoms with Crippen molar-refractivity contribution in [1.29, 1.82) is 0 Å². The standard InChI is InChI=1S/C13H20N6O2/c1-4-6-20-13-18-11(14-5-2)17-12(19-13)16-8-10-15-7-9(3)21-10/h7H,4-6,8H2,1-3H3,(H2,14,16,17,18,19). The average Bonchev–Trinajstić information content (AvgIpc) is 2.89. The molecule has 2 heterocycles. The Bertz CT molecular complexity index is 572. The number of ether oxygens (including phenoxy) is 1. The van der Waals surface area contributed by atoms with Crippen molar-refractivity contribution in [3.05, 3.63) is 17.8 Å². The molecule has 0 amide bonds. The third-order valence-corrected chi connectivity index (χ3v) is 2.45. The highest BCUT2D eigenvalue weighted by Crippen LogP contribution is 2.12. The lowest BCUT2D eigenvalue weighted by molar-refractivity contribution is 0.292. The van der Waals surface area contributed by atoms with Crippen LogP contribution in [-0.4, -0.2) is 33.1 Å². The molecule has 2 rings (SSSR count). The van der Waals surface area contributed by atoms with Gasteiger partial charge >= 0.3 is 6.01 Å². The molecule has 0 spiro atoms. The first-order valence-electron chi connectivity index (χ1n) is 6.99. The minimum atomic E-state index is 0.300. The second kappa shape index (κ2) is 7.41. The van der Waals surface area contributed by atoms with E-state index < -0.39 is 0 Å². The van der Waals surface area contributed by atoms with E-state index in [1.807, 2.05) is 20.8 Å². The summed E-state index contributed by atoms with van der Waals surface area (Å²) < 4.78 is 10.8. The molecule has 21 heavy (non-hydrogen) atoms. The van der Waals surface area contributed by atoms with Gasteiger partial charge in [-0.05, 0) is 20.3 Å². The Balaban J connectivity index is 2.07. The zero-order chi connectivity index (χ0) is 15.1. The minimum absolute atomic E-state index is 0.300. The third-order valence-electron chi connectivity index (χ3n) is 2.45. The van der Waals surface area contributed by atoms with Gasteiger partial charge in [-0.25, -0.2) is 4.98 Å². The van der Waals surface area contributed by atoms with Crippen molar-refractivity contribution < 1.29 is 9.15 Å². The van der Waals surface area contributed by atoms with E-state index in [0.717, 1.165) is 18.7 Å². The van der Waals surface area contributed by atoms with Crippen molar-refractivity contribution >= 4 is 11.9 Å². The van der Waals surface area contributed by atoms with Crippen molar-refractivity contribution in [3.8, 4) is 6.01 Å². The molecule has 2 N–H and O–H groups in total. The summed E-state index contributed by atoms with van der Waals surface area (Å²) in [4.78, 5) is 16.8. The van der Waals surface area contributed by atoms with E-state index >= 15 is 0 Å². The predicted octanol–water partition coefficient (Wildman–Crippen LogP) is 2.00. The van der Waals surface area contributed by atoms with Crippen LogP contribution in [0.2, 0.25) is 0 Å². The molecule has 0 aliphatic rings. The lowest BCUT2D eigenvalue weighted by Gasteiger charge is -2.08. The summed E-state index contributed by atoms with van der Waals surface area (Å²) in [7, 11) is 0. The first-order valence-corrected chi connectivity index (χ1v) is 6.99. The first kappa shape index (κ1) is 15.0. The number of anilines is 2. The summed E-state index contributed by atoms with van der Waals surface area (Å²) in [6.45, 7) is 7.52. The fourth-order valence-corrected chi connectivity index (χ4v) is 1.57. The smallest absolute Gasteiger partial charge is 0.323 e. The summed E-state index contributed by atoms with van der Waals surface area (Å²) in [5.74, 6) is 2.24. The van der Waals surface area contributed by atoms with E-state index in [9.17, 15) is 0 Å². The van der Waals surface area contributed by atoms with Crippen LogP contribution in [0.25, 0.3) is 0 Å². The lowest BCUT2D eigenvalue weighted by Crippen LogP contribution is -2.11. The van der Waals surface area contributed by atoms with E-state index in [0.29, 0.717) is 36.9 Å². The molecular weight excluding hydrogens is 272 g/mol. The molecule has 0 unspecified atom stereocenters. The number of aromatic nitrogens is 4. The highest BCUT2D eigenvalue weighted by Gasteiger charge is 2.08. The maximum atomic E-state index is 5.46. The highest BCUT2D eigenvalue weighted by molar-refractivity contribution is 5.35. The number of nitrogens with one attached hydrogen (secondary N) is 2. The number of hydrogen-bond donors (Lipinski definition) is 2. The molecule has 0 aliphatic carbocycles. The molecule has 0 atom stereocenters. The molecule has 114 valence electrons. The van der Waals surface area contributed by atoms with E-state index in [2.05, 4.69) is 30.6 Å². The normalized spacial score (nSPS) is 10.4. The van der Waals surface area contributed by atoms with Gasteiger partial charge in [0.05, 0.1) is 19.3 Å². The second-order valence-corrected chi connectivity index (χ2v) is 4.36. The molecule has 8 heteroatoms. The molecule has 0 radical (unpaired) electrons. The van der Waals surface area contributed by atoms with E-state index in [1.165, 1.54) is 0 Å². The van der Waals surface area contributed by atoms with Crippen LogP contribution < -0.4 is 15.4 Å². The maximum Gasteiger partial charge on any atom is 0.323 e. The summed E-state index contributed by atoms with van der Waals surface area (Å²) in [6, 6.07) is 0.300. The van der Waals surface area contributed by atoms with Crippen LogP contribution in [0.5, 0.6) is 6.01 Å². The number of oxazole rings is 1. The summed E-state index contributed by atoms with van der Waals surface area (Å²) in [6.07, 6.45) is 2.56. The van der Waals surface area contributed by atoms with Gasteiger partial charge in [-0.3, -0.25) is 0 Å². The molecule has 8 nitrogen and oxygen atoms in total. The van der Waals surface area contributed by atoms with Crippen molar-refractivity contribution in [1.82, 2.24) is 19.9 Å². The third kappa shape index (κ3) is 4.59. The van der Waals surface area contributed by atoms with Crippen LogP contribution >= 0.6 is 0 Å². The van der Waals surface area contributed by atoms with Crippen molar-refractivity contribution in [2.24, 2.45) is 0 Å². The van der Waals surface area contributed by atoms with Crippen LogP contribution in [-0.2, 0) is 6.54 Å². The Labute approximate surface area is 123 Å². The summed E-state index contributed by atoms with van der Waals surface area (Å²) in [5, 5.41) is 6.10. The van der Waals surface area contributed by atoms with Crippen molar-refractivity contribution in [2.75, 3.05) is 23.8 Å². The van der Waals surface area contributed by atoms with Gasteiger partial charge in [0.1, 0.15) is 5.76 Å². The van der Waals surface area contributed by atoms with Crippen LogP contribution in [0.1, 0.15) is 31.9 Å². The lowest BCUT2D eigenvalue weighted by atomic mass is 10.5. The topological polar surface area (TPSA) is 98.0 Å². The van der Waals surface area contributed by atoms with Crippen molar-refractivity contribution in [3.63, 3.8) is 0 Å². The zero-order valence-electron chi connectivity index (χ0n) is 12.5. The van der Waals surface area contributed by atoms with Crippen molar-refractivity contribution in [2.45, 2.75) is 33.7 Å². The Kier molecular flexibility index (Phi) is 5.30. The maximum absolute atomic E-state index is 5.46. The second-order valence-electron chi connectivity index (χ2n) is 4.36. The fourth-order valence-electron chi connectivity index (χ4n) is 1.57. The minimum Gasteiger partial charge on any atom is -0.463 e. The molecule has 2 aromatic heterocycles. The van der Waals surface area contributed by atoms with Gasteiger partial charge in [0.2, 0.25) is 17.8 Å². The zero-order valence-corrected chi connectivity index (χ0v) is 12.5. The van der Waals surface area contributed by atoms with Gasteiger partial charge in [0.15, 0.2) is 0 Å². The van der Waals surface area contributed by atoms with Gasteiger partial charge in [-0.2, -0.15) is 15.0 Å². The summed E-state index contributed by atoms with van der Waals surface area (Å²) >= 11 is 0. The van der Waals surface area contributed by atoms with Gasteiger partial charge in [-0.15, -0.1) is 0 Å². The van der Waals surface area contributed by atoms with Crippen LogP contribution in [0.4, 0.5) is 11.9 Å². The van der Waals surface area contributed by atoms with Gasteiger partial charge in [-0.1, -0.05) is 6.92 Å². The van der Waals surface area contributed by atoms with Gasteiger partial charge < -0.3 is 19.8 Å². The quantitative estimate of drug-likeness (QED) is 0.762. The molecule has 0 fully saturated rings. The van der Waals surface area contributed by atoms with E-state index in [-0.39, 0.29) is 0 Å². The number of nitrogens with zero attached hydrogens (tertiary/aromatic N) is 4. The largest absolute Gasteiger partial charge is 0.463 e. The van der Waals surface area contributed by atoms with E-state index in [4.69, 9.17) is 9.15 Å². The van der Waals surface area contributed by atoms with Gasteiger partial charge in [0, 0.05) is 6.54 Å².